The summed E-state index contributed by atoms with van der Waals surface area (Å²) in [7, 11) is 0. The number of benzene rings is 1. The van der Waals surface area contributed by atoms with Gasteiger partial charge in [-0.3, -0.25) is 4.98 Å². The Morgan fingerprint density at radius 2 is 2.00 bits per heavy atom. The second kappa shape index (κ2) is 3.70. The maximum Gasteiger partial charge on any atom is 0.242 e. The number of hydrogen-bond donors (Lipinski definition) is 0. The fraction of sp³-hybridized carbons (Fsp3) is 0.182. The third kappa shape index (κ3) is 1.87. The summed E-state index contributed by atoms with van der Waals surface area (Å²) < 4.78 is 24.2. The third-order valence-corrected chi connectivity index (χ3v) is 2.04. The van der Waals surface area contributed by atoms with Crippen LogP contribution in [0.5, 0.6) is 0 Å². The number of fused-ring (bicyclic) bond motifs is 1. The first-order chi connectivity index (χ1) is 6.75. The predicted octanol–water partition coefficient (Wildman–Crippen LogP) is 3.04. The van der Waals surface area contributed by atoms with Crippen molar-refractivity contribution in [1.29, 1.82) is 0 Å². The molecule has 0 amide bonds. The van der Waals surface area contributed by atoms with Gasteiger partial charge >= 0.3 is 0 Å². The molecule has 0 aliphatic heterocycles. The SMILES string of the molecule is FC(F)Cc1cnc2ccccc2c1. The van der Waals surface area contributed by atoms with E-state index in [1.54, 1.807) is 6.07 Å². The van der Waals surface area contributed by atoms with Crippen molar-refractivity contribution in [2.75, 3.05) is 0 Å². The van der Waals surface area contributed by atoms with Crippen molar-refractivity contribution in [3.05, 3.63) is 42.1 Å². The summed E-state index contributed by atoms with van der Waals surface area (Å²) >= 11 is 0. The van der Waals surface area contributed by atoms with Gasteiger partial charge < -0.3 is 0 Å². The van der Waals surface area contributed by atoms with Gasteiger partial charge in [-0.1, -0.05) is 18.2 Å². The molecule has 0 atom stereocenters. The van der Waals surface area contributed by atoms with Crippen molar-refractivity contribution in [2.45, 2.75) is 12.8 Å². The van der Waals surface area contributed by atoms with Crippen molar-refractivity contribution in [3.8, 4) is 0 Å². The number of pyridine rings is 1. The van der Waals surface area contributed by atoms with Crippen LogP contribution in [0, 0.1) is 0 Å². The number of halogens is 2. The maximum atomic E-state index is 12.1. The second-order valence-electron chi connectivity index (χ2n) is 3.13. The van der Waals surface area contributed by atoms with Gasteiger partial charge in [-0.15, -0.1) is 0 Å². The minimum Gasteiger partial charge on any atom is -0.256 e. The summed E-state index contributed by atoms with van der Waals surface area (Å²) in [5.41, 5.74) is 1.42. The number of para-hydroxylation sites is 1. The molecule has 3 heteroatoms. The smallest absolute Gasteiger partial charge is 0.242 e. The highest BCUT2D eigenvalue weighted by Gasteiger charge is 2.05. The quantitative estimate of drug-likeness (QED) is 0.714. The highest BCUT2D eigenvalue weighted by molar-refractivity contribution is 5.78. The summed E-state index contributed by atoms with van der Waals surface area (Å²) in [6, 6.07) is 9.24. The molecule has 0 N–H and O–H groups in total. The van der Waals surface area contributed by atoms with Gasteiger partial charge in [0.05, 0.1) is 5.52 Å². The van der Waals surface area contributed by atoms with Crippen LogP contribution in [0.15, 0.2) is 36.5 Å². The minimum absolute atomic E-state index is 0.224. The summed E-state index contributed by atoms with van der Waals surface area (Å²) in [6.45, 7) is 0. The normalized spacial score (nSPS) is 11.1. The van der Waals surface area contributed by atoms with E-state index in [-0.39, 0.29) is 6.42 Å². The number of rotatable bonds is 2. The molecular formula is C11H9F2N. The molecule has 0 aliphatic carbocycles. The second-order valence-corrected chi connectivity index (χ2v) is 3.13. The Bertz CT molecular complexity index is 440. The average molecular weight is 193 g/mol. The van der Waals surface area contributed by atoms with Crippen molar-refractivity contribution >= 4 is 10.9 Å². The van der Waals surface area contributed by atoms with Crippen LogP contribution in [0.4, 0.5) is 8.78 Å². The minimum atomic E-state index is -2.31. The van der Waals surface area contributed by atoms with Gasteiger partial charge in [0.15, 0.2) is 0 Å². The summed E-state index contributed by atoms with van der Waals surface area (Å²) in [5.74, 6) is 0. The van der Waals surface area contributed by atoms with Crippen LogP contribution in [0.3, 0.4) is 0 Å². The Morgan fingerprint density at radius 3 is 2.79 bits per heavy atom. The monoisotopic (exact) mass is 193 g/mol. The Labute approximate surface area is 80.4 Å². The van der Waals surface area contributed by atoms with Crippen LogP contribution in [-0.4, -0.2) is 11.4 Å². The number of hydrogen-bond acceptors (Lipinski definition) is 1. The highest BCUT2D eigenvalue weighted by Crippen LogP contribution is 2.14. The number of nitrogens with zero attached hydrogens (tertiary/aromatic N) is 1. The molecule has 72 valence electrons. The zero-order valence-electron chi connectivity index (χ0n) is 7.45. The lowest BCUT2D eigenvalue weighted by molar-refractivity contribution is 0.149. The molecule has 0 saturated heterocycles. The van der Waals surface area contributed by atoms with E-state index in [9.17, 15) is 8.78 Å². The highest BCUT2D eigenvalue weighted by atomic mass is 19.3. The van der Waals surface area contributed by atoms with E-state index in [4.69, 9.17) is 0 Å². The van der Waals surface area contributed by atoms with Gasteiger partial charge in [0.25, 0.3) is 0 Å². The molecule has 2 rings (SSSR count). The van der Waals surface area contributed by atoms with Gasteiger partial charge in [-0.25, -0.2) is 8.78 Å². The topological polar surface area (TPSA) is 12.9 Å². The molecule has 0 saturated carbocycles. The maximum absolute atomic E-state index is 12.1. The van der Waals surface area contributed by atoms with Gasteiger partial charge in [0.1, 0.15) is 0 Å². The molecule has 0 spiro atoms. The van der Waals surface area contributed by atoms with E-state index in [2.05, 4.69) is 4.98 Å². The largest absolute Gasteiger partial charge is 0.256 e. The lowest BCUT2D eigenvalue weighted by Crippen LogP contribution is -1.97. The first-order valence-electron chi connectivity index (χ1n) is 4.37. The third-order valence-electron chi connectivity index (χ3n) is 2.04. The first kappa shape index (κ1) is 9.06. The van der Waals surface area contributed by atoms with E-state index in [0.29, 0.717) is 5.56 Å². The van der Waals surface area contributed by atoms with E-state index in [0.717, 1.165) is 10.9 Å². The predicted molar refractivity (Wildman–Crippen MR) is 51.5 cm³/mol. The fourth-order valence-corrected chi connectivity index (χ4v) is 1.41. The van der Waals surface area contributed by atoms with Crippen molar-refractivity contribution in [3.63, 3.8) is 0 Å². The van der Waals surface area contributed by atoms with E-state index < -0.39 is 6.43 Å². The fourth-order valence-electron chi connectivity index (χ4n) is 1.41. The lowest BCUT2D eigenvalue weighted by Gasteiger charge is -2.01. The first-order valence-corrected chi connectivity index (χ1v) is 4.37. The molecule has 0 radical (unpaired) electrons. The Balaban J connectivity index is 2.41. The van der Waals surface area contributed by atoms with Gasteiger partial charge in [-0.2, -0.15) is 0 Å². The van der Waals surface area contributed by atoms with Crippen molar-refractivity contribution in [1.82, 2.24) is 4.98 Å². The average Bonchev–Trinajstić information content (AvgIpc) is 2.17. The molecule has 0 bridgehead atoms. The van der Waals surface area contributed by atoms with Gasteiger partial charge in [-0.05, 0) is 17.7 Å². The zero-order chi connectivity index (χ0) is 9.97. The molecule has 14 heavy (non-hydrogen) atoms. The Kier molecular flexibility index (Phi) is 2.39. The molecule has 1 aromatic carbocycles. The summed E-state index contributed by atoms with van der Waals surface area (Å²) in [4.78, 5) is 4.10. The van der Waals surface area contributed by atoms with Crippen LogP contribution in [0.1, 0.15) is 5.56 Å². The van der Waals surface area contributed by atoms with Crippen LogP contribution >= 0.6 is 0 Å². The van der Waals surface area contributed by atoms with E-state index >= 15 is 0 Å². The lowest BCUT2D eigenvalue weighted by atomic mass is 10.1. The van der Waals surface area contributed by atoms with Gasteiger partial charge in [0, 0.05) is 18.0 Å². The molecule has 1 heterocycles. The molecule has 2 aromatic rings. The van der Waals surface area contributed by atoms with Crippen LogP contribution in [0.25, 0.3) is 10.9 Å². The molecule has 1 aromatic heterocycles. The number of aromatic nitrogens is 1. The number of alkyl halides is 2. The zero-order valence-corrected chi connectivity index (χ0v) is 7.45. The van der Waals surface area contributed by atoms with E-state index in [1.165, 1.54) is 6.20 Å². The van der Waals surface area contributed by atoms with Crippen molar-refractivity contribution < 1.29 is 8.78 Å². The van der Waals surface area contributed by atoms with Gasteiger partial charge in [0.2, 0.25) is 6.43 Å². The molecular weight excluding hydrogens is 184 g/mol. The van der Waals surface area contributed by atoms with Crippen molar-refractivity contribution in [2.24, 2.45) is 0 Å². The molecule has 0 unspecified atom stereocenters. The molecule has 0 aliphatic rings. The summed E-state index contributed by atoms with van der Waals surface area (Å²) in [6.07, 6.45) is -1.02. The standard InChI is InChI=1S/C11H9F2N/c12-11(13)6-8-5-9-3-1-2-4-10(9)14-7-8/h1-5,7,11H,6H2. The van der Waals surface area contributed by atoms with Crippen LogP contribution in [-0.2, 0) is 6.42 Å². The van der Waals surface area contributed by atoms with Crippen LogP contribution < -0.4 is 0 Å². The molecule has 1 nitrogen and oxygen atoms in total. The van der Waals surface area contributed by atoms with Crippen LogP contribution in [0.2, 0.25) is 0 Å². The Hall–Kier alpha value is -1.51. The summed E-state index contributed by atoms with van der Waals surface area (Å²) in [5, 5.41) is 0.908. The molecule has 0 fully saturated rings. The Morgan fingerprint density at radius 1 is 1.21 bits per heavy atom. The van der Waals surface area contributed by atoms with E-state index in [1.807, 2.05) is 24.3 Å².